The number of hydrogen-bond acceptors (Lipinski definition) is 3. The number of nitrogens with zero attached hydrogens (tertiary/aromatic N) is 1. The molecule has 0 N–H and O–H groups in total. The molecule has 2 rings (SSSR count). The molecule has 1 saturated carbocycles. The van der Waals surface area contributed by atoms with Crippen LogP contribution < -0.4 is 0 Å². The highest BCUT2D eigenvalue weighted by atomic mass is 16.6. The zero-order valence-electron chi connectivity index (χ0n) is 9.45. The van der Waals surface area contributed by atoms with Crippen LogP contribution in [0, 0.1) is 5.92 Å². The number of ether oxygens (including phenoxy) is 1. The van der Waals surface area contributed by atoms with Crippen molar-refractivity contribution in [1.82, 2.24) is 4.90 Å². The number of fused-ring (bicyclic) bond motifs is 2. The van der Waals surface area contributed by atoms with Crippen molar-refractivity contribution in [3.8, 4) is 0 Å². The van der Waals surface area contributed by atoms with Gasteiger partial charge in [0, 0.05) is 13.0 Å². The van der Waals surface area contributed by atoms with Crippen LogP contribution in [-0.2, 0) is 9.53 Å². The predicted molar refractivity (Wildman–Crippen MR) is 54.5 cm³/mol. The minimum Gasteiger partial charge on any atom is -0.444 e. The summed E-state index contributed by atoms with van der Waals surface area (Å²) in [5, 5.41) is 0. The molecule has 4 heteroatoms. The monoisotopic (exact) mass is 211 g/mol. The third kappa shape index (κ3) is 1.98. The van der Waals surface area contributed by atoms with Crippen LogP contribution in [0.3, 0.4) is 0 Å². The third-order valence-corrected chi connectivity index (χ3v) is 2.88. The lowest BCUT2D eigenvalue weighted by atomic mass is 10.1. The van der Waals surface area contributed by atoms with Gasteiger partial charge in [-0.15, -0.1) is 0 Å². The van der Waals surface area contributed by atoms with Crippen molar-refractivity contribution >= 4 is 11.9 Å². The molecule has 0 spiro atoms. The molecule has 2 aliphatic rings. The van der Waals surface area contributed by atoms with E-state index in [0.29, 0.717) is 18.9 Å². The molecular weight excluding hydrogens is 194 g/mol. The van der Waals surface area contributed by atoms with Gasteiger partial charge < -0.3 is 4.74 Å². The van der Waals surface area contributed by atoms with Gasteiger partial charge in [-0.3, -0.25) is 9.69 Å². The van der Waals surface area contributed by atoms with Crippen molar-refractivity contribution in [2.45, 2.75) is 45.3 Å². The van der Waals surface area contributed by atoms with E-state index in [1.165, 1.54) is 0 Å². The van der Waals surface area contributed by atoms with E-state index >= 15 is 0 Å². The Kier molecular flexibility index (Phi) is 2.24. The molecule has 1 heterocycles. The molecule has 4 nitrogen and oxygen atoms in total. The first-order valence-electron chi connectivity index (χ1n) is 5.39. The molecule has 1 amide bonds. The number of likely N-dealkylation sites (tertiary alicyclic amines) is 1. The standard InChI is InChI=1S/C11H17NO3/c1-11(2,3)15-10(14)12-6-7-4-8(12)9(13)5-7/h7-8H,4-6H2,1-3H3/t7-,8+/m0/s1. The summed E-state index contributed by atoms with van der Waals surface area (Å²) in [4.78, 5) is 24.8. The maximum absolute atomic E-state index is 11.7. The molecule has 2 atom stereocenters. The maximum atomic E-state index is 11.7. The van der Waals surface area contributed by atoms with Crippen LogP contribution in [0.2, 0.25) is 0 Å². The van der Waals surface area contributed by atoms with E-state index in [1.54, 1.807) is 4.90 Å². The van der Waals surface area contributed by atoms with E-state index < -0.39 is 5.60 Å². The highest BCUT2D eigenvalue weighted by Gasteiger charge is 2.47. The number of carbonyl (C=O) groups excluding carboxylic acids is 2. The van der Waals surface area contributed by atoms with Crippen molar-refractivity contribution in [2.75, 3.05) is 6.54 Å². The summed E-state index contributed by atoms with van der Waals surface area (Å²) in [6.07, 6.45) is 1.13. The molecule has 0 aromatic rings. The van der Waals surface area contributed by atoms with Crippen LogP contribution in [0.1, 0.15) is 33.6 Å². The number of piperidine rings is 1. The summed E-state index contributed by atoms with van der Waals surface area (Å²) in [6, 6.07) is -0.204. The number of amides is 1. The molecule has 1 saturated heterocycles. The Morgan fingerprint density at radius 1 is 1.47 bits per heavy atom. The molecule has 1 aliphatic heterocycles. The first-order valence-corrected chi connectivity index (χ1v) is 5.39. The summed E-state index contributed by atoms with van der Waals surface area (Å²) in [5.41, 5.74) is -0.484. The second-order valence-electron chi connectivity index (χ2n) is 5.42. The highest BCUT2D eigenvalue weighted by Crippen LogP contribution is 2.35. The van der Waals surface area contributed by atoms with Gasteiger partial charge in [-0.2, -0.15) is 0 Å². The van der Waals surface area contributed by atoms with Gasteiger partial charge in [0.05, 0.1) is 6.04 Å². The minimum atomic E-state index is -0.484. The molecule has 2 fully saturated rings. The SMILES string of the molecule is CC(C)(C)OC(=O)N1C[C@@H]2CC(=O)[C@H]1C2. The van der Waals surface area contributed by atoms with E-state index in [9.17, 15) is 9.59 Å². The van der Waals surface area contributed by atoms with Crippen LogP contribution in [0.4, 0.5) is 4.79 Å². The van der Waals surface area contributed by atoms with E-state index in [1.807, 2.05) is 20.8 Å². The van der Waals surface area contributed by atoms with E-state index in [4.69, 9.17) is 4.74 Å². The van der Waals surface area contributed by atoms with Gasteiger partial charge in [0.25, 0.3) is 0 Å². The van der Waals surface area contributed by atoms with Gasteiger partial charge in [0.1, 0.15) is 5.60 Å². The summed E-state index contributed by atoms with van der Waals surface area (Å²) in [7, 11) is 0. The Balaban J connectivity index is 2.01. The Labute approximate surface area is 89.6 Å². The Morgan fingerprint density at radius 2 is 2.13 bits per heavy atom. The quantitative estimate of drug-likeness (QED) is 0.611. The number of carbonyl (C=O) groups is 2. The fraction of sp³-hybridized carbons (Fsp3) is 0.818. The van der Waals surface area contributed by atoms with Crippen LogP contribution >= 0.6 is 0 Å². The predicted octanol–water partition coefficient (Wildman–Crippen LogP) is 1.58. The fourth-order valence-corrected chi connectivity index (χ4v) is 2.32. The van der Waals surface area contributed by atoms with E-state index in [0.717, 1.165) is 6.42 Å². The Hall–Kier alpha value is -1.06. The summed E-state index contributed by atoms with van der Waals surface area (Å²) >= 11 is 0. The third-order valence-electron chi connectivity index (χ3n) is 2.88. The van der Waals surface area contributed by atoms with Gasteiger partial charge in [-0.25, -0.2) is 4.79 Å². The molecule has 84 valence electrons. The fourth-order valence-electron chi connectivity index (χ4n) is 2.32. The molecule has 0 aromatic carbocycles. The van der Waals surface area contributed by atoms with Crippen molar-refractivity contribution < 1.29 is 14.3 Å². The van der Waals surface area contributed by atoms with Gasteiger partial charge in [0.15, 0.2) is 5.78 Å². The topological polar surface area (TPSA) is 46.6 Å². The molecular formula is C11H17NO3. The molecule has 2 bridgehead atoms. The molecule has 0 aromatic heterocycles. The minimum absolute atomic E-state index is 0.192. The van der Waals surface area contributed by atoms with Gasteiger partial charge in [-0.1, -0.05) is 0 Å². The summed E-state index contributed by atoms with van der Waals surface area (Å²) in [6.45, 7) is 6.19. The van der Waals surface area contributed by atoms with Crippen molar-refractivity contribution in [1.29, 1.82) is 0 Å². The van der Waals surface area contributed by atoms with Gasteiger partial charge >= 0.3 is 6.09 Å². The summed E-state index contributed by atoms with van der Waals surface area (Å²) in [5.74, 6) is 0.562. The molecule has 1 aliphatic carbocycles. The van der Waals surface area contributed by atoms with Crippen LogP contribution in [0.25, 0.3) is 0 Å². The average Bonchev–Trinajstić information content (AvgIpc) is 2.58. The smallest absolute Gasteiger partial charge is 0.410 e. The normalized spacial score (nSPS) is 29.8. The molecule has 15 heavy (non-hydrogen) atoms. The van der Waals surface area contributed by atoms with Crippen molar-refractivity contribution in [3.05, 3.63) is 0 Å². The second-order valence-corrected chi connectivity index (χ2v) is 5.42. The number of hydrogen-bond donors (Lipinski definition) is 0. The Bertz CT molecular complexity index is 305. The molecule has 0 radical (unpaired) electrons. The van der Waals surface area contributed by atoms with Crippen LogP contribution in [-0.4, -0.2) is 35.0 Å². The zero-order chi connectivity index (χ0) is 11.2. The van der Waals surface area contributed by atoms with E-state index in [-0.39, 0.29) is 17.9 Å². The summed E-state index contributed by atoms with van der Waals surface area (Å²) < 4.78 is 5.26. The van der Waals surface area contributed by atoms with E-state index in [2.05, 4.69) is 0 Å². The number of ketones is 1. The van der Waals surface area contributed by atoms with Crippen LogP contribution in [0.5, 0.6) is 0 Å². The van der Waals surface area contributed by atoms with Gasteiger partial charge in [0.2, 0.25) is 0 Å². The average molecular weight is 211 g/mol. The second kappa shape index (κ2) is 3.22. The van der Waals surface area contributed by atoms with Crippen LogP contribution in [0.15, 0.2) is 0 Å². The van der Waals surface area contributed by atoms with Crippen molar-refractivity contribution in [2.24, 2.45) is 5.92 Å². The maximum Gasteiger partial charge on any atom is 0.410 e. The lowest BCUT2D eigenvalue weighted by Crippen LogP contribution is -2.45. The molecule has 0 unspecified atom stereocenters. The number of Topliss-reactive ketones (excluding diaryl/α,β-unsaturated/α-hetero) is 1. The van der Waals surface area contributed by atoms with Gasteiger partial charge in [-0.05, 0) is 33.1 Å². The highest BCUT2D eigenvalue weighted by molar-refractivity contribution is 5.91. The number of rotatable bonds is 0. The first kappa shape index (κ1) is 10.5. The Morgan fingerprint density at radius 3 is 2.60 bits per heavy atom. The zero-order valence-corrected chi connectivity index (χ0v) is 9.45. The lowest BCUT2D eigenvalue weighted by Gasteiger charge is -2.29. The first-order chi connectivity index (χ1) is 6.87. The largest absolute Gasteiger partial charge is 0.444 e. The lowest BCUT2D eigenvalue weighted by molar-refractivity contribution is -0.123. The van der Waals surface area contributed by atoms with Crippen molar-refractivity contribution in [3.63, 3.8) is 0 Å².